The third-order valence-corrected chi connectivity index (χ3v) is 2.41. The van der Waals surface area contributed by atoms with Crippen LogP contribution in [0.15, 0.2) is 30.3 Å². The van der Waals surface area contributed by atoms with Gasteiger partial charge in [0.05, 0.1) is 0 Å². The molecule has 0 aliphatic carbocycles. The van der Waals surface area contributed by atoms with Gasteiger partial charge < -0.3 is 10.6 Å². The summed E-state index contributed by atoms with van der Waals surface area (Å²) in [7, 11) is 0. The van der Waals surface area contributed by atoms with Gasteiger partial charge in [0.1, 0.15) is 0 Å². The Balaban J connectivity index is 1.80. The van der Waals surface area contributed by atoms with Crippen LogP contribution in [0.5, 0.6) is 0 Å². The van der Waals surface area contributed by atoms with Gasteiger partial charge in [-0.25, -0.2) is 0 Å². The number of para-hydroxylation sites is 1. The lowest BCUT2D eigenvalue weighted by Crippen LogP contribution is -2.31. The molecule has 3 nitrogen and oxygen atoms in total. The van der Waals surface area contributed by atoms with E-state index in [4.69, 9.17) is 0 Å². The lowest BCUT2D eigenvalue weighted by molar-refractivity contribution is -0.119. The Morgan fingerprint density at radius 3 is 2.79 bits per heavy atom. The second kappa shape index (κ2) is 4.13. The molecule has 1 fully saturated rings. The molecule has 14 heavy (non-hydrogen) atoms. The summed E-state index contributed by atoms with van der Waals surface area (Å²) >= 11 is 0. The van der Waals surface area contributed by atoms with E-state index in [1.165, 1.54) is 0 Å². The molecule has 1 atom stereocenters. The second-order valence-electron chi connectivity index (χ2n) is 3.55. The minimum Gasteiger partial charge on any atom is -0.383 e. The zero-order valence-electron chi connectivity index (χ0n) is 7.99. The predicted octanol–water partition coefficient (Wildman–Crippen LogP) is 1.38. The van der Waals surface area contributed by atoms with Gasteiger partial charge in [-0.05, 0) is 18.6 Å². The number of hydrogen-bond acceptors (Lipinski definition) is 2. The van der Waals surface area contributed by atoms with E-state index in [0.717, 1.165) is 18.7 Å². The molecule has 1 aromatic carbocycles. The zero-order chi connectivity index (χ0) is 9.80. The molecular formula is C11H14N2O. The van der Waals surface area contributed by atoms with Gasteiger partial charge in [-0.2, -0.15) is 0 Å². The van der Waals surface area contributed by atoms with Crippen LogP contribution in [-0.4, -0.2) is 18.5 Å². The predicted molar refractivity (Wildman–Crippen MR) is 56.1 cm³/mol. The van der Waals surface area contributed by atoms with Crippen LogP contribution in [-0.2, 0) is 4.79 Å². The van der Waals surface area contributed by atoms with Crippen molar-refractivity contribution in [2.24, 2.45) is 0 Å². The van der Waals surface area contributed by atoms with Crippen molar-refractivity contribution in [3.8, 4) is 0 Å². The topological polar surface area (TPSA) is 41.1 Å². The Morgan fingerprint density at radius 1 is 1.36 bits per heavy atom. The molecule has 0 radical (unpaired) electrons. The van der Waals surface area contributed by atoms with Crippen LogP contribution in [0.3, 0.4) is 0 Å². The molecular weight excluding hydrogens is 176 g/mol. The van der Waals surface area contributed by atoms with E-state index in [-0.39, 0.29) is 5.91 Å². The highest BCUT2D eigenvalue weighted by Crippen LogP contribution is 2.09. The summed E-state index contributed by atoms with van der Waals surface area (Å²) in [4.78, 5) is 10.9. The molecule has 1 aromatic rings. The molecule has 2 rings (SSSR count). The Bertz CT molecular complexity index is 310. The number of carbonyl (C=O) groups excluding carboxylic acids is 1. The van der Waals surface area contributed by atoms with Gasteiger partial charge in [-0.3, -0.25) is 4.79 Å². The zero-order valence-corrected chi connectivity index (χ0v) is 7.99. The Labute approximate surface area is 83.5 Å². The van der Waals surface area contributed by atoms with E-state index < -0.39 is 0 Å². The normalized spacial score (nSPS) is 20.6. The summed E-state index contributed by atoms with van der Waals surface area (Å²) in [6.07, 6.45) is 1.61. The molecule has 3 heteroatoms. The number of rotatable bonds is 3. The van der Waals surface area contributed by atoms with E-state index in [9.17, 15) is 4.79 Å². The monoisotopic (exact) mass is 190 g/mol. The van der Waals surface area contributed by atoms with Gasteiger partial charge in [0, 0.05) is 24.7 Å². The summed E-state index contributed by atoms with van der Waals surface area (Å²) in [6.45, 7) is 0.815. The SMILES string of the molecule is O=C1CCC(CNc2ccccc2)N1. The summed E-state index contributed by atoms with van der Waals surface area (Å²) < 4.78 is 0. The fraction of sp³-hybridized carbons (Fsp3) is 0.364. The van der Waals surface area contributed by atoms with Crippen molar-refractivity contribution >= 4 is 11.6 Å². The van der Waals surface area contributed by atoms with Crippen molar-refractivity contribution < 1.29 is 4.79 Å². The Hall–Kier alpha value is -1.51. The fourth-order valence-electron chi connectivity index (χ4n) is 1.63. The summed E-state index contributed by atoms with van der Waals surface area (Å²) in [5.41, 5.74) is 1.11. The van der Waals surface area contributed by atoms with Crippen molar-refractivity contribution in [3.05, 3.63) is 30.3 Å². The first kappa shape index (κ1) is 9.06. The van der Waals surface area contributed by atoms with E-state index >= 15 is 0 Å². The van der Waals surface area contributed by atoms with E-state index in [1.54, 1.807) is 0 Å². The van der Waals surface area contributed by atoms with Crippen molar-refractivity contribution in [2.45, 2.75) is 18.9 Å². The average molecular weight is 190 g/mol. The lowest BCUT2D eigenvalue weighted by Gasteiger charge is -2.11. The van der Waals surface area contributed by atoms with Crippen LogP contribution in [0.1, 0.15) is 12.8 Å². The summed E-state index contributed by atoms with van der Waals surface area (Å²) in [5, 5.41) is 6.22. The van der Waals surface area contributed by atoms with Crippen LogP contribution in [0, 0.1) is 0 Å². The number of amides is 1. The fourth-order valence-corrected chi connectivity index (χ4v) is 1.63. The van der Waals surface area contributed by atoms with Crippen LogP contribution in [0.4, 0.5) is 5.69 Å². The Morgan fingerprint density at radius 2 is 2.14 bits per heavy atom. The van der Waals surface area contributed by atoms with Gasteiger partial charge in [0.2, 0.25) is 5.91 Å². The molecule has 0 aromatic heterocycles. The van der Waals surface area contributed by atoms with E-state index in [2.05, 4.69) is 10.6 Å². The average Bonchev–Trinajstić information content (AvgIpc) is 2.63. The molecule has 0 saturated carbocycles. The third-order valence-electron chi connectivity index (χ3n) is 2.41. The first-order chi connectivity index (χ1) is 6.84. The second-order valence-corrected chi connectivity index (χ2v) is 3.55. The van der Waals surface area contributed by atoms with Crippen LogP contribution in [0.25, 0.3) is 0 Å². The first-order valence-corrected chi connectivity index (χ1v) is 4.93. The molecule has 1 aliphatic heterocycles. The molecule has 1 unspecified atom stereocenters. The van der Waals surface area contributed by atoms with Crippen molar-refractivity contribution in [3.63, 3.8) is 0 Å². The highest BCUT2D eigenvalue weighted by molar-refractivity contribution is 5.78. The van der Waals surface area contributed by atoms with Crippen molar-refractivity contribution in [2.75, 3.05) is 11.9 Å². The van der Waals surface area contributed by atoms with Gasteiger partial charge in [0.15, 0.2) is 0 Å². The number of nitrogens with one attached hydrogen (secondary N) is 2. The summed E-state index contributed by atoms with van der Waals surface area (Å²) in [5.74, 6) is 0.171. The maximum Gasteiger partial charge on any atom is 0.220 e. The number of carbonyl (C=O) groups is 1. The van der Waals surface area contributed by atoms with Crippen LogP contribution in [0.2, 0.25) is 0 Å². The van der Waals surface area contributed by atoms with Gasteiger partial charge in [-0.15, -0.1) is 0 Å². The lowest BCUT2D eigenvalue weighted by atomic mass is 10.2. The molecule has 1 amide bonds. The van der Waals surface area contributed by atoms with E-state index in [1.807, 2.05) is 30.3 Å². The molecule has 1 heterocycles. The van der Waals surface area contributed by atoms with Crippen molar-refractivity contribution in [1.29, 1.82) is 0 Å². The maximum atomic E-state index is 10.9. The minimum atomic E-state index is 0.171. The molecule has 1 saturated heterocycles. The van der Waals surface area contributed by atoms with Crippen molar-refractivity contribution in [1.82, 2.24) is 5.32 Å². The molecule has 0 bridgehead atoms. The van der Waals surface area contributed by atoms with Crippen LogP contribution >= 0.6 is 0 Å². The standard InChI is InChI=1S/C11H14N2O/c14-11-7-6-10(13-11)8-12-9-4-2-1-3-5-9/h1-5,10,12H,6-8H2,(H,13,14). The molecule has 1 aliphatic rings. The summed E-state index contributed by atoms with van der Waals surface area (Å²) in [6, 6.07) is 10.3. The first-order valence-electron chi connectivity index (χ1n) is 4.93. The molecule has 74 valence electrons. The molecule has 0 spiro atoms. The number of benzene rings is 1. The van der Waals surface area contributed by atoms with Gasteiger partial charge >= 0.3 is 0 Å². The Kier molecular flexibility index (Phi) is 2.68. The largest absolute Gasteiger partial charge is 0.383 e. The molecule has 2 N–H and O–H groups in total. The number of hydrogen-bond donors (Lipinski definition) is 2. The highest BCUT2D eigenvalue weighted by atomic mass is 16.1. The van der Waals surface area contributed by atoms with E-state index in [0.29, 0.717) is 12.5 Å². The minimum absolute atomic E-state index is 0.171. The van der Waals surface area contributed by atoms with Gasteiger partial charge in [-0.1, -0.05) is 18.2 Å². The highest BCUT2D eigenvalue weighted by Gasteiger charge is 2.19. The smallest absolute Gasteiger partial charge is 0.220 e. The van der Waals surface area contributed by atoms with Crippen LogP contribution < -0.4 is 10.6 Å². The third kappa shape index (κ3) is 2.25. The quantitative estimate of drug-likeness (QED) is 0.756. The number of anilines is 1. The van der Waals surface area contributed by atoms with Gasteiger partial charge in [0.25, 0.3) is 0 Å². The maximum absolute atomic E-state index is 10.9.